The molecular weight excluding hydrogens is 314 g/mol. The Balaban J connectivity index is 2.08. The van der Waals surface area contributed by atoms with Crippen LogP contribution in [0.4, 0.5) is 5.69 Å². The molecule has 0 radical (unpaired) electrons. The molecule has 18 heavy (non-hydrogen) atoms. The molecule has 0 saturated carbocycles. The molecule has 0 unspecified atom stereocenters. The lowest BCUT2D eigenvalue weighted by atomic mass is 10.2. The highest BCUT2D eigenvalue weighted by molar-refractivity contribution is 9.10. The smallest absolute Gasteiger partial charge is 0.119 e. The van der Waals surface area contributed by atoms with Crippen molar-refractivity contribution in [3.8, 4) is 5.75 Å². The van der Waals surface area contributed by atoms with Gasteiger partial charge in [-0.15, -0.1) is 0 Å². The first-order valence-electron chi connectivity index (χ1n) is 5.51. The fraction of sp³-hybridized carbons (Fsp3) is 0.143. The van der Waals surface area contributed by atoms with Gasteiger partial charge in [-0.2, -0.15) is 0 Å². The van der Waals surface area contributed by atoms with E-state index >= 15 is 0 Å². The molecule has 0 amide bonds. The van der Waals surface area contributed by atoms with Crippen molar-refractivity contribution in [2.75, 3.05) is 12.4 Å². The Bertz CT molecular complexity index is 545. The van der Waals surface area contributed by atoms with Gasteiger partial charge in [0.15, 0.2) is 0 Å². The van der Waals surface area contributed by atoms with Crippen molar-refractivity contribution in [1.82, 2.24) is 0 Å². The zero-order chi connectivity index (χ0) is 13.0. The van der Waals surface area contributed by atoms with E-state index < -0.39 is 0 Å². The van der Waals surface area contributed by atoms with E-state index in [9.17, 15) is 0 Å². The monoisotopic (exact) mass is 325 g/mol. The third-order valence-corrected chi connectivity index (χ3v) is 3.47. The maximum Gasteiger partial charge on any atom is 0.119 e. The Kier molecular flexibility index (Phi) is 4.50. The molecule has 2 aromatic rings. The van der Waals surface area contributed by atoms with Gasteiger partial charge in [-0.1, -0.05) is 23.7 Å². The number of methoxy groups -OCH3 is 1. The van der Waals surface area contributed by atoms with E-state index in [4.69, 9.17) is 16.3 Å². The second kappa shape index (κ2) is 6.12. The van der Waals surface area contributed by atoms with Crippen molar-refractivity contribution in [2.45, 2.75) is 6.54 Å². The molecule has 0 atom stereocenters. The first-order valence-corrected chi connectivity index (χ1v) is 6.68. The summed E-state index contributed by atoms with van der Waals surface area (Å²) in [5.74, 6) is 0.861. The predicted octanol–water partition coefficient (Wildman–Crippen LogP) is 4.72. The van der Waals surface area contributed by atoms with Gasteiger partial charge in [0.1, 0.15) is 5.75 Å². The maximum absolute atomic E-state index is 5.97. The summed E-state index contributed by atoms with van der Waals surface area (Å²) in [5, 5.41) is 4.05. The summed E-state index contributed by atoms with van der Waals surface area (Å²) in [4.78, 5) is 0. The minimum atomic E-state index is 0.714. The molecule has 1 N–H and O–H groups in total. The van der Waals surface area contributed by atoms with Crippen LogP contribution in [0.25, 0.3) is 0 Å². The van der Waals surface area contributed by atoms with Gasteiger partial charge in [-0.25, -0.2) is 0 Å². The zero-order valence-corrected chi connectivity index (χ0v) is 12.3. The Morgan fingerprint density at radius 1 is 1.22 bits per heavy atom. The van der Waals surface area contributed by atoms with E-state index in [1.807, 2.05) is 42.5 Å². The molecule has 0 spiro atoms. The summed E-state index contributed by atoms with van der Waals surface area (Å²) in [6, 6.07) is 13.6. The van der Waals surface area contributed by atoms with Crippen LogP contribution in [-0.2, 0) is 6.54 Å². The van der Waals surface area contributed by atoms with E-state index in [-0.39, 0.29) is 0 Å². The van der Waals surface area contributed by atoms with Crippen molar-refractivity contribution >= 4 is 33.2 Å². The largest absolute Gasteiger partial charge is 0.497 e. The van der Waals surface area contributed by atoms with Gasteiger partial charge < -0.3 is 10.1 Å². The van der Waals surface area contributed by atoms with E-state index in [1.54, 1.807) is 7.11 Å². The number of hydrogen-bond donors (Lipinski definition) is 1. The summed E-state index contributed by atoms with van der Waals surface area (Å²) in [5.41, 5.74) is 2.13. The standard InChI is InChI=1S/C14H13BrClNO/c1-18-12-4-2-3-10(7-12)9-17-14-8-11(16)5-6-13(14)15/h2-8,17H,9H2,1H3. The van der Waals surface area contributed by atoms with Crippen LogP contribution in [0.1, 0.15) is 5.56 Å². The predicted molar refractivity (Wildman–Crippen MR) is 79.5 cm³/mol. The highest BCUT2D eigenvalue weighted by atomic mass is 79.9. The van der Waals surface area contributed by atoms with Crippen molar-refractivity contribution < 1.29 is 4.74 Å². The van der Waals surface area contributed by atoms with Gasteiger partial charge in [0.25, 0.3) is 0 Å². The Morgan fingerprint density at radius 3 is 2.83 bits per heavy atom. The van der Waals surface area contributed by atoms with Crippen LogP contribution < -0.4 is 10.1 Å². The molecule has 0 bridgehead atoms. The minimum Gasteiger partial charge on any atom is -0.497 e. The fourth-order valence-electron chi connectivity index (χ4n) is 1.61. The molecule has 0 fully saturated rings. The quantitative estimate of drug-likeness (QED) is 0.877. The lowest BCUT2D eigenvalue weighted by Crippen LogP contribution is -2.00. The molecule has 4 heteroatoms. The van der Waals surface area contributed by atoms with Gasteiger partial charge in [-0.3, -0.25) is 0 Å². The third kappa shape index (κ3) is 3.40. The number of hydrogen-bond acceptors (Lipinski definition) is 2. The van der Waals surface area contributed by atoms with Gasteiger partial charge in [0, 0.05) is 16.0 Å². The zero-order valence-electron chi connectivity index (χ0n) is 9.91. The SMILES string of the molecule is COc1cccc(CNc2cc(Cl)ccc2Br)c1. The lowest BCUT2D eigenvalue weighted by Gasteiger charge is -2.10. The van der Waals surface area contributed by atoms with Crippen LogP contribution >= 0.6 is 27.5 Å². The second-order valence-electron chi connectivity index (χ2n) is 3.83. The number of ether oxygens (including phenoxy) is 1. The van der Waals surface area contributed by atoms with Crippen LogP contribution in [0.5, 0.6) is 5.75 Å². The molecule has 0 heterocycles. The number of nitrogens with one attached hydrogen (secondary N) is 1. The normalized spacial score (nSPS) is 10.2. The molecule has 94 valence electrons. The highest BCUT2D eigenvalue weighted by Crippen LogP contribution is 2.26. The molecule has 0 aliphatic carbocycles. The Hall–Kier alpha value is -1.19. The fourth-order valence-corrected chi connectivity index (χ4v) is 2.17. The van der Waals surface area contributed by atoms with Crippen LogP contribution in [0, 0.1) is 0 Å². The van der Waals surface area contributed by atoms with Crippen LogP contribution in [0.3, 0.4) is 0 Å². The maximum atomic E-state index is 5.97. The number of benzene rings is 2. The molecule has 2 aromatic carbocycles. The van der Waals surface area contributed by atoms with E-state index in [2.05, 4.69) is 21.2 Å². The number of anilines is 1. The Labute approximate surface area is 120 Å². The van der Waals surface area contributed by atoms with Gasteiger partial charge >= 0.3 is 0 Å². The number of rotatable bonds is 4. The van der Waals surface area contributed by atoms with Crippen molar-refractivity contribution in [1.29, 1.82) is 0 Å². The minimum absolute atomic E-state index is 0.714. The van der Waals surface area contributed by atoms with Crippen molar-refractivity contribution in [3.05, 3.63) is 57.5 Å². The summed E-state index contributed by atoms with van der Waals surface area (Å²) < 4.78 is 6.19. The number of halogens is 2. The average molecular weight is 327 g/mol. The van der Waals surface area contributed by atoms with Gasteiger partial charge in [0.2, 0.25) is 0 Å². The first-order chi connectivity index (χ1) is 8.69. The summed E-state index contributed by atoms with van der Waals surface area (Å²) in [6.07, 6.45) is 0. The molecular formula is C14H13BrClNO. The molecule has 0 saturated heterocycles. The summed E-state index contributed by atoms with van der Waals surface area (Å²) >= 11 is 9.45. The van der Waals surface area contributed by atoms with Gasteiger partial charge in [-0.05, 0) is 51.8 Å². The van der Waals surface area contributed by atoms with Crippen molar-refractivity contribution in [2.24, 2.45) is 0 Å². The lowest BCUT2D eigenvalue weighted by molar-refractivity contribution is 0.414. The molecule has 0 aliphatic heterocycles. The molecule has 0 aliphatic rings. The molecule has 0 aromatic heterocycles. The second-order valence-corrected chi connectivity index (χ2v) is 5.12. The third-order valence-electron chi connectivity index (χ3n) is 2.55. The van der Waals surface area contributed by atoms with Crippen molar-refractivity contribution in [3.63, 3.8) is 0 Å². The van der Waals surface area contributed by atoms with E-state index in [0.717, 1.165) is 28.0 Å². The van der Waals surface area contributed by atoms with Crippen LogP contribution in [-0.4, -0.2) is 7.11 Å². The molecule has 2 nitrogen and oxygen atoms in total. The van der Waals surface area contributed by atoms with Crippen LogP contribution in [0.15, 0.2) is 46.9 Å². The summed E-state index contributed by atoms with van der Waals surface area (Å²) in [7, 11) is 1.67. The van der Waals surface area contributed by atoms with Gasteiger partial charge in [0.05, 0.1) is 12.8 Å². The average Bonchev–Trinajstić information content (AvgIpc) is 2.40. The van der Waals surface area contributed by atoms with Crippen LogP contribution in [0.2, 0.25) is 5.02 Å². The Morgan fingerprint density at radius 2 is 2.06 bits per heavy atom. The topological polar surface area (TPSA) is 21.3 Å². The summed E-state index contributed by atoms with van der Waals surface area (Å²) in [6.45, 7) is 0.718. The molecule has 2 rings (SSSR count). The first kappa shape index (κ1) is 13.2. The van der Waals surface area contributed by atoms with E-state index in [1.165, 1.54) is 0 Å². The highest BCUT2D eigenvalue weighted by Gasteiger charge is 2.01. The van der Waals surface area contributed by atoms with E-state index in [0.29, 0.717) is 5.02 Å².